The van der Waals surface area contributed by atoms with Gasteiger partial charge in [0.25, 0.3) is 0 Å². The third-order valence-electron chi connectivity index (χ3n) is 1.86. The topological polar surface area (TPSA) is 64.9 Å². The zero-order chi connectivity index (χ0) is 9.26. The number of nitrogen functional groups attached to an aromatic ring is 1. The largest absolute Gasteiger partial charge is 0.394 e. The first-order chi connectivity index (χ1) is 6.29. The maximum Gasteiger partial charge on any atom is 0.157 e. The Hall–Kier alpha value is -1.84. The van der Waals surface area contributed by atoms with Gasteiger partial charge in [-0.1, -0.05) is 5.16 Å². The monoisotopic (exact) mass is 175 g/mol. The van der Waals surface area contributed by atoms with E-state index in [1.165, 1.54) is 0 Å². The van der Waals surface area contributed by atoms with E-state index in [4.69, 9.17) is 10.3 Å². The highest BCUT2D eigenvalue weighted by Gasteiger charge is 2.10. The molecular formula is C9H9N3O. The number of nitrogens with zero attached hydrogens (tertiary/aromatic N) is 2. The second-order valence-electron chi connectivity index (χ2n) is 2.74. The van der Waals surface area contributed by atoms with Crippen molar-refractivity contribution in [3.8, 4) is 11.3 Å². The molecule has 0 unspecified atom stereocenters. The van der Waals surface area contributed by atoms with Gasteiger partial charge in [0, 0.05) is 18.0 Å². The van der Waals surface area contributed by atoms with Crippen molar-refractivity contribution in [2.45, 2.75) is 6.92 Å². The summed E-state index contributed by atoms with van der Waals surface area (Å²) in [6, 6.07) is 3.68. The van der Waals surface area contributed by atoms with E-state index in [0.717, 1.165) is 5.56 Å². The minimum absolute atomic E-state index is 0.589. The molecule has 2 heterocycles. The van der Waals surface area contributed by atoms with E-state index in [1.54, 1.807) is 19.3 Å². The molecule has 0 bridgehead atoms. The number of hydrogen-bond acceptors (Lipinski definition) is 4. The van der Waals surface area contributed by atoms with E-state index in [9.17, 15) is 0 Å². The lowest BCUT2D eigenvalue weighted by molar-refractivity contribution is 0.400. The number of nitrogens with two attached hydrogens (primary N) is 1. The van der Waals surface area contributed by atoms with E-state index >= 15 is 0 Å². The van der Waals surface area contributed by atoms with E-state index < -0.39 is 0 Å². The van der Waals surface area contributed by atoms with Crippen molar-refractivity contribution in [3.63, 3.8) is 0 Å². The lowest BCUT2D eigenvalue weighted by Gasteiger charge is -1.94. The predicted octanol–water partition coefficient (Wildman–Crippen LogP) is 1.63. The first kappa shape index (κ1) is 7.79. The summed E-state index contributed by atoms with van der Waals surface area (Å²) < 4.78 is 4.95. The molecule has 4 nitrogen and oxygen atoms in total. The van der Waals surface area contributed by atoms with Gasteiger partial charge in [-0.15, -0.1) is 0 Å². The maximum absolute atomic E-state index is 5.76. The fraction of sp³-hybridized carbons (Fsp3) is 0.111. The standard InChI is InChI=1S/C9H9N3O/c1-6-8(10)9(12-13-6)7-2-4-11-5-3-7/h2-5H,10H2,1H3. The van der Waals surface area contributed by atoms with Gasteiger partial charge in [-0.3, -0.25) is 4.98 Å². The van der Waals surface area contributed by atoms with E-state index in [2.05, 4.69) is 10.1 Å². The van der Waals surface area contributed by atoms with Crippen LogP contribution in [0.15, 0.2) is 29.0 Å². The Bertz CT molecular complexity index is 408. The number of aromatic nitrogens is 2. The van der Waals surface area contributed by atoms with Crippen LogP contribution in [0, 0.1) is 6.92 Å². The van der Waals surface area contributed by atoms with Crippen molar-refractivity contribution in [2.24, 2.45) is 0 Å². The Morgan fingerprint density at radius 2 is 2.00 bits per heavy atom. The van der Waals surface area contributed by atoms with Gasteiger partial charge in [-0.25, -0.2) is 0 Å². The van der Waals surface area contributed by atoms with Crippen LogP contribution in [-0.4, -0.2) is 10.1 Å². The molecule has 0 aliphatic carbocycles. The van der Waals surface area contributed by atoms with Crippen LogP contribution in [0.3, 0.4) is 0 Å². The molecule has 0 saturated carbocycles. The highest BCUT2D eigenvalue weighted by atomic mass is 16.5. The summed E-state index contributed by atoms with van der Waals surface area (Å²) in [5, 5.41) is 3.86. The van der Waals surface area contributed by atoms with Crippen LogP contribution >= 0.6 is 0 Å². The summed E-state index contributed by atoms with van der Waals surface area (Å²) in [7, 11) is 0. The molecule has 2 aromatic rings. The smallest absolute Gasteiger partial charge is 0.157 e. The Morgan fingerprint density at radius 1 is 1.31 bits per heavy atom. The van der Waals surface area contributed by atoms with Gasteiger partial charge in [-0.05, 0) is 19.1 Å². The predicted molar refractivity (Wildman–Crippen MR) is 48.9 cm³/mol. The molecule has 66 valence electrons. The van der Waals surface area contributed by atoms with Crippen LogP contribution < -0.4 is 5.73 Å². The van der Waals surface area contributed by atoms with Crippen molar-refractivity contribution in [1.29, 1.82) is 0 Å². The Kier molecular flexibility index (Phi) is 1.73. The third kappa shape index (κ3) is 1.26. The fourth-order valence-corrected chi connectivity index (χ4v) is 1.10. The Labute approximate surface area is 75.4 Å². The van der Waals surface area contributed by atoms with Crippen LogP contribution in [0.1, 0.15) is 5.76 Å². The highest BCUT2D eigenvalue weighted by molar-refractivity contribution is 5.72. The molecule has 0 atom stereocenters. The van der Waals surface area contributed by atoms with Crippen LogP contribution in [0.2, 0.25) is 0 Å². The minimum atomic E-state index is 0.589. The molecule has 2 aromatic heterocycles. The average molecular weight is 175 g/mol. The first-order valence-corrected chi connectivity index (χ1v) is 3.91. The molecule has 0 fully saturated rings. The summed E-state index contributed by atoms with van der Waals surface area (Å²) in [5.41, 5.74) is 7.95. The molecule has 2 rings (SSSR count). The summed E-state index contributed by atoms with van der Waals surface area (Å²) in [4.78, 5) is 3.91. The molecule has 0 saturated heterocycles. The van der Waals surface area contributed by atoms with Crippen LogP contribution in [-0.2, 0) is 0 Å². The Balaban J connectivity index is 2.53. The Morgan fingerprint density at radius 3 is 2.54 bits per heavy atom. The number of pyridine rings is 1. The number of aryl methyl sites for hydroxylation is 1. The van der Waals surface area contributed by atoms with Gasteiger partial charge in [-0.2, -0.15) is 0 Å². The molecule has 2 N–H and O–H groups in total. The highest BCUT2D eigenvalue weighted by Crippen LogP contribution is 2.26. The van der Waals surface area contributed by atoms with Crippen molar-refractivity contribution in [2.75, 3.05) is 5.73 Å². The molecule has 0 aliphatic heterocycles. The summed E-state index contributed by atoms with van der Waals surface area (Å²) in [5.74, 6) is 0.645. The van der Waals surface area contributed by atoms with Crippen molar-refractivity contribution in [3.05, 3.63) is 30.3 Å². The van der Waals surface area contributed by atoms with E-state index in [1.807, 2.05) is 12.1 Å². The van der Waals surface area contributed by atoms with E-state index in [-0.39, 0.29) is 0 Å². The fourth-order valence-electron chi connectivity index (χ4n) is 1.10. The van der Waals surface area contributed by atoms with Gasteiger partial charge in [0.1, 0.15) is 11.4 Å². The van der Waals surface area contributed by atoms with Gasteiger partial charge in [0.05, 0.1) is 0 Å². The molecule has 0 spiro atoms. The van der Waals surface area contributed by atoms with Gasteiger partial charge in [0.15, 0.2) is 5.76 Å². The second kappa shape index (κ2) is 2.90. The van der Waals surface area contributed by atoms with Crippen LogP contribution in [0.25, 0.3) is 11.3 Å². The summed E-state index contributed by atoms with van der Waals surface area (Å²) in [6.45, 7) is 1.78. The number of hydrogen-bond donors (Lipinski definition) is 1. The molecular weight excluding hydrogens is 166 g/mol. The van der Waals surface area contributed by atoms with Gasteiger partial charge in [0.2, 0.25) is 0 Å². The molecule has 13 heavy (non-hydrogen) atoms. The van der Waals surface area contributed by atoms with Crippen molar-refractivity contribution >= 4 is 5.69 Å². The number of rotatable bonds is 1. The molecule has 0 aromatic carbocycles. The van der Waals surface area contributed by atoms with Crippen LogP contribution in [0.4, 0.5) is 5.69 Å². The number of anilines is 1. The lowest BCUT2D eigenvalue weighted by Crippen LogP contribution is -1.88. The third-order valence-corrected chi connectivity index (χ3v) is 1.86. The minimum Gasteiger partial charge on any atom is -0.394 e. The quantitative estimate of drug-likeness (QED) is 0.715. The molecule has 0 amide bonds. The molecule has 0 aliphatic rings. The SMILES string of the molecule is Cc1onc(-c2ccncc2)c1N. The molecule has 0 radical (unpaired) electrons. The zero-order valence-corrected chi connectivity index (χ0v) is 7.19. The van der Waals surface area contributed by atoms with Crippen LogP contribution in [0.5, 0.6) is 0 Å². The normalized spacial score (nSPS) is 10.2. The second-order valence-corrected chi connectivity index (χ2v) is 2.74. The van der Waals surface area contributed by atoms with Crippen molar-refractivity contribution in [1.82, 2.24) is 10.1 Å². The lowest BCUT2D eigenvalue weighted by atomic mass is 10.1. The van der Waals surface area contributed by atoms with E-state index in [0.29, 0.717) is 17.1 Å². The molecule has 4 heteroatoms. The maximum atomic E-state index is 5.76. The zero-order valence-electron chi connectivity index (χ0n) is 7.19. The summed E-state index contributed by atoms with van der Waals surface area (Å²) in [6.07, 6.45) is 3.39. The van der Waals surface area contributed by atoms with Gasteiger partial charge >= 0.3 is 0 Å². The van der Waals surface area contributed by atoms with Gasteiger partial charge < -0.3 is 10.3 Å². The average Bonchev–Trinajstić information content (AvgIpc) is 2.49. The summed E-state index contributed by atoms with van der Waals surface area (Å²) >= 11 is 0. The first-order valence-electron chi connectivity index (χ1n) is 3.91. The van der Waals surface area contributed by atoms with Crippen molar-refractivity contribution < 1.29 is 4.52 Å².